The third kappa shape index (κ3) is 3.26. The monoisotopic (exact) mass is 253 g/mol. The third-order valence-electron chi connectivity index (χ3n) is 2.62. The number of amides is 1. The second-order valence-corrected chi connectivity index (χ2v) is 4.81. The van der Waals surface area contributed by atoms with E-state index in [1.807, 2.05) is 5.38 Å². The maximum Gasteiger partial charge on any atom is 0.435 e. The largest absolute Gasteiger partial charge is 0.435 e. The molecule has 1 amide bonds. The van der Waals surface area contributed by atoms with Crippen LogP contribution in [0.3, 0.4) is 0 Å². The Morgan fingerprint density at radius 2 is 2.24 bits per heavy atom. The van der Waals surface area contributed by atoms with Crippen molar-refractivity contribution in [3.8, 4) is 0 Å². The van der Waals surface area contributed by atoms with Crippen molar-refractivity contribution in [2.75, 3.05) is 13.1 Å². The highest BCUT2D eigenvalue weighted by atomic mass is 32.1. The number of oxime groups is 1. The van der Waals surface area contributed by atoms with Crippen LogP contribution in [-0.2, 0) is 4.84 Å². The van der Waals surface area contributed by atoms with Gasteiger partial charge in [-0.2, -0.15) is 0 Å². The van der Waals surface area contributed by atoms with Gasteiger partial charge < -0.3 is 4.90 Å². The molecule has 0 bridgehead atoms. The van der Waals surface area contributed by atoms with E-state index in [1.165, 1.54) is 17.8 Å². The molecule has 0 unspecified atom stereocenters. The van der Waals surface area contributed by atoms with Gasteiger partial charge in [0.25, 0.3) is 0 Å². The molecule has 0 atom stereocenters. The van der Waals surface area contributed by atoms with Gasteiger partial charge >= 0.3 is 6.09 Å². The van der Waals surface area contributed by atoms with Crippen LogP contribution in [0.5, 0.6) is 0 Å². The summed E-state index contributed by atoms with van der Waals surface area (Å²) in [6.45, 7) is 3.32. The van der Waals surface area contributed by atoms with Gasteiger partial charge in [-0.15, -0.1) is 11.3 Å². The topological polar surface area (TPSA) is 54.8 Å². The van der Waals surface area contributed by atoms with Gasteiger partial charge in [0.2, 0.25) is 0 Å². The van der Waals surface area contributed by atoms with Crippen LogP contribution in [0.25, 0.3) is 0 Å². The molecule has 1 fully saturated rings. The summed E-state index contributed by atoms with van der Waals surface area (Å²) in [5.41, 5.74) is 0.630. The van der Waals surface area contributed by atoms with E-state index in [2.05, 4.69) is 10.1 Å². The zero-order valence-corrected chi connectivity index (χ0v) is 10.6. The predicted molar refractivity (Wildman–Crippen MR) is 66.2 cm³/mol. The molecule has 1 aliphatic rings. The molecule has 0 aliphatic carbocycles. The first-order chi connectivity index (χ1) is 8.27. The Balaban J connectivity index is 1.88. The van der Waals surface area contributed by atoms with Gasteiger partial charge in [-0.25, -0.2) is 9.78 Å². The molecule has 5 nitrogen and oxygen atoms in total. The zero-order valence-electron chi connectivity index (χ0n) is 9.76. The van der Waals surface area contributed by atoms with Crippen molar-refractivity contribution in [1.29, 1.82) is 0 Å². The second-order valence-electron chi connectivity index (χ2n) is 3.92. The smallest absolute Gasteiger partial charge is 0.306 e. The lowest BCUT2D eigenvalue weighted by atomic mass is 10.1. The summed E-state index contributed by atoms with van der Waals surface area (Å²) in [5.74, 6) is 0. The minimum Gasteiger partial charge on any atom is -0.306 e. The fraction of sp³-hybridized carbons (Fsp3) is 0.545. The first-order valence-electron chi connectivity index (χ1n) is 5.68. The van der Waals surface area contributed by atoms with Gasteiger partial charge in [0, 0.05) is 24.7 Å². The van der Waals surface area contributed by atoms with Crippen LogP contribution >= 0.6 is 11.3 Å². The van der Waals surface area contributed by atoms with Crippen LogP contribution in [0.2, 0.25) is 0 Å². The summed E-state index contributed by atoms with van der Waals surface area (Å²) in [5, 5.41) is 6.45. The van der Waals surface area contributed by atoms with Gasteiger partial charge in [-0.3, -0.25) is 4.84 Å². The van der Waals surface area contributed by atoms with Gasteiger partial charge in [0.05, 0.1) is 0 Å². The molecule has 0 N–H and O–H groups in total. The molecular weight excluding hydrogens is 238 g/mol. The molecule has 1 aromatic rings. The van der Waals surface area contributed by atoms with Crippen molar-refractivity contribution >= 4 is 23.1 Å². The number of hydrogen-bond acceptors (Lipinski definition) is 5. The summed E-state index contributed by atoms with van der Waals surface area (Å²) >= 11 is 1.47. The quantitative estimate of drug-likeness (QED) is 0.462. The molecule has 0 radical (unpaired) electrons. The lowest BCUT2D eigenvalue weighted by Gasteiger charge is -2.24. The van der Waals surface area contributed by atoms with E-state index in [0.717, 1.165) is 30.9 Å². The molecule has 0 aromatic carbocycles. The summed E-state index contributed by atoms with van der Waals surface area (Å²) < 4.78 is 0. The number of thiazole rings is 1. The van der Waals surface area contributed by atoms with Crippen LogP contribution in [-0.4, -0.2) is 34.8 Å². The molecular formula is C11H15N3O2S. The standard InChI is InChI=1S/C11H15N3O2S/c1-9(10-12-5-8-17-10)13-16-11(15)14-6-3-2-4-7-14/h5,8H,2-4,6-7H2,1H3/b13-9+. The van der Waals surface area contributed by atoms with Crippen molar-refractivity contribution in [3.05, 3.63) is 16.6 Å². The Morgan fingerprint density at radius 1 is 1.47 bits per heavy atom. The number of hydrogen-bond donors (Lipinski definition) is 0. The van der Waals surface area contributed by atoms with Crippen LogP contribution in [0, 0.1) is 0 Å². The summed E-state index contributed by atoms with van der Waals surface area (Å²) in [7, 11) is 0. The first kappa shape index (κ1) is 12.0. The molecule has 17 heavy (non-hydrogen) atoms. The van der Waals surface area contributed by atoms with Crippen molar-refractivity contribution < 1.29 is 9.63 Å². The van der Waals surface area contributed by atoms with Crippen LogP contribution in [0.4, 0.5) is 4.79 Å². The van der Waals surface area contributed by atoms with Crippen molar-refractivity contribution in [3.63, 3.8) is 0 Å². The summed E-state index contributed by atoms with van der Waals surface area (Å²) in [6.07, 6.45) is 4.62. The Hall–Kier alpha value is -1.43. The average molecular weight is 253 g/mol. The van der Waals surface area contributed by atoms with Gasteiger partial charge in [-0.05, 0) is 26.2 Å². The number of carbonyl (C=O) groups excluding carboxylic acids is 1. The Kier molecular flexibility index (Phi) is 4.08. The molecule has 1 aromatic heterocycles. The minimum absolute atomic E-state index is 0.361. The molecule has 1 aliphatic heterocycles. The van der Waals surface area contributed by atoms with E-state index in [9.17, 15) is 4.79 Å². The molecule has 92 valence electrons. The zero-order chi connectivity index (χ0) is 12.1. The lowest BCUT2D eigenvalue weighted by Crippen LogP contribution is -2.35. The average Bonchev–Trinajstić information content (AvgIpc) is 2.90. The highest BCUT2D eigenvalue weighted by Gasteiger charge is 2.18. The van der Waals surface area contributed by atoms with Gasteiger partial charge in [0.1, 0.15) is 10.7 Å². The normalized spacial score (nSPS) is 17.0. The Labute approximate surface area is 104 Å². The van der Waals surface area contributed by atoms with Crippen LogP contribution in [0.15, 0.2) is 16.7 Å². The summed E-state index contributed by atoms with van der Waals surface area (Å²) in [4.78, 5) is 22.3. The molecule has 2 heterocycles. The highest BCUT2D eigenvalue weighted by Crippen LogP contribution is 2.11. The third-order valence-corrected chi connectivity index (χ3v) is 3.50. The van der Waals surface area contributed by atoms with Crippen molar-refractivity contribution in [1.82, 2.24) is 9.88 Å². The maximum absolute atomic E-state index is 11.7. The van der Waals surface area contributed by atoms with Crippen molar-refractivity contribution in [2.24, 2.45) is 5.16 Å². The number of rotatable bonds is 2. The van der Waals surface area contributed by atoms with E-state index in [-0.39, 0.29) is 6.09 Å². The van der Waals surface area contributed by atoms with Crippen molar-refractivity contribution in [2.45, 2.75) is 26.2 Å². The lowest BCUT2D eigenvalue weighted by molar-refractivity contribution is 0.0981. The molecule has 1 saturated heterocycles. The SMILES string of the molecule is C/C(=N\OC(=O)N1CCCCC1)c1nccs1. The second kappa shape index (κ2) is 5.77. The summed E-state index contributed by atoms with van der Waals surface area (Å²) in [6, 6.07) is 0. The molecule has 2 rings (SSSR count). The number of carbonyl (C=O) groups is 1. The fourth-order valence-corrected chi connectivity index (χ4v) is 2.26. The number of aromatic nitrogens is 1. The van der Waals surface area contributed by atoms with E-state index in [1.54, 1.807) is 18.0 Å². The molecule has 0 saturated carbocycles. The molecule has 6 heteroatoms. The number of nitrogens with zero attached hydrogens (tertiary/aromatic N) is 3. The van der Waals surface area contributed by atoms with Crippen LogP contribution in [0.1, 0.15) is 31.2 Å². The Bertz CT molecular complexity index is 397. The van der Waals surface area contributed by atoms with E-state index in [0.29, 0.717) is 5.71 Å². The minimum atomic E-state index is -0.361. The number of likely N-dealkylation sites (tertiary alicyclic amines) is 1. The van der Waals surface area contributed by atoms with Gasteiger partial charge in [-0.1, -0.05) is 5.16 Å². The highest BCUT2D eigenvalue weighted by molar-refractivity contribution is 7.11. The maximum atomic E-state index is 11.7. The fourth-order valence-electron chi connectivity index (χ4n) is 1.68. The Morgan fingerprint density at radius 3 is 2.88 bits per heavy atom. The van der Waals surface area contributed by atoms with Crippen LogP contribution < -0.4 is 0 Å². The first-order valence-corrected chi connectivity index (χ1v) is 6.56. The predicted octanol–water partition coefficient (Wildman–Crippen LogP) is 2.49. The van der Waals surface area contributed by atoms with Gasteiger partial charge in [0.15, 0.2) is 0 Å². The number of piperidine rings is 1. The molecule has 0 spiro atoms. The van der Waals surface area contributed by atoms with E-state index < -0.39 is 0 Å². The van der Waals surface area contributed by atoms with E-state index >= 15 is 0 Å². The van der Waals surface area contributed by atoms with E-state index in [4.69, 9.17) is 4.84 Å².